The zero-order chi connectivity index (χ0) is 26.6. The van der Waals surface area contributed by atoms with Crippen molar-refractivity contribution in [2.24, 2.45) is 7.05 Å². The van der Waals surface area contributed by atoms with Crippen LogP contribution in [0.3, 0.4) is 0 Å². The summed E-state index contributed by atoms with van der Waals surface area (Å²) in [5.74, 6) is 4.60. The van der Waals surface area contributed by atoms with Crippen LogP contribution >= 0.6 is 0 Å². The van der Waals surface area contributed by atoms with Gasteiger partial charge in [-0.2, -0.15) is 0 Å². The number of nitrogens with zero attached hydrogens (tertiary/aromatic N) is 2. The zero-order valence-electron chi connectivity index (χ0n) is 22.0. The molecule has 4 aromatic carbocycles. The van der Waals surface area contributed by atoms with Gasteiger partial charge in [-0.25, -0.2) is 0 Å². The first-order chi connectivity index (χ1) is 18.3. The van der Waals surface area contributed by atoms with Crippen LogP contribution in [0.2, 0.25) is 11.5 Å². The summed E-state index contributed by atoms with van der Waals surface area (Å²) in [6, 6.07) is 33.0. The number of benzene rings is 4. The molecule has 0 amide bonds. The Balaban J connectivity index is 1.64. The maximum absolute atomic E-state index is 14.5. The zero-order valence-corrected chi connectivity index (χ0v) is 24.1. The number of fused-ring (bicyclic) bond motifs is 3. The molecule has 0 saturated heterocycles. The van der Waals surface area contributed by atoms with E-state index in [1.54, 1.807) is 12.3 Å². The van der Waals surface area contributed by atoms with E-state index in [2.05, 4.69) is 79.1 Å². The average Bonchev–Trinajstić information content (AvgIpc) is 3.16. The number of aryl methyl sites for hydroxylation is 2. The Labute approximate surface area is 226 Å². The molecule has 0 bridgehead atoms. The van der Waals surface area contributed by atoms with Crippen LogP contribution in [-0.2, 0) is 7.05 Å². The van der Waals surface area contributed by atoms with Crippen molar-refractivity contribution < 1.29 is 8.96 Å². The van der Waals surface area contributed by atoms with E-state index in [4.69, 9.17) is 0 Å². The standard InChI is InChI=1S/C34H28FGeN2/c1-22-13-15-28-29-16-14-26(21-37)32(25-12-8-11-24(19-25)23-9-6-5-7-10-23)34(29)36(2,3)33(28)31(22)30-20-27(35)17-18-38(30)4/h5-20H,1-4H3/q+1. The Morgan fingerprint density at radius 3 is 2.13 bits per heavy atom. The Hall–Kier alpha value is -4.01. The summed E-state index contributed by atoms with van der Waals surface area (Å²) >= 11 is -3.01. The number of halogens is 1. The third-order valence-electron chi connectivity index (χ3n) is 7.91. The van der Waals surface area contributed by atoms with Gasteiger partial charge in [0, 0.05) is 0 Å². The summed E-state index contributed by atoms with van der Waals surface area (Å²) in [5, 5.41) is 10.3. The number of rotatable bonds is 3. The third-order valence-corrected chi connectivity index (χ3v) is 15.3. The quantitative estimate of drug-likeness (QED) is 0.181. The molecule has 0 radical (unpaired) electrons. The van der Waals surface area contributed by atoms with Crippen LogP contribution in [0.4, 0.5) is 4.39 Å². The fourth-order valence-electron chi connectivity index (χ4n) is 6.18. The van der Waals surface area contributed by atoms with Crippen LogP contribution in [0.15, 0.2) is 97.2 Å². The molecule has 0 spiro atoms. The molecular formula is C34H28FGeN2+. The van der Waals surface area contributed by atoms with Crippen molar-refractivity contribution in [3.05, 3.63) is 114 Å². The molecule has 0 aliphatic carbocycles. The molecule has 6 rings (SSSR count). The van der Waals surface area contributed by atoms with Crippen molar-refractivity contribution in [2.45, 2.75) is 18.4 Å². The van der Waals surface area contributed by atoms with Crippen LogP contribution in [0.1, 0.15) is 11.1 Å². The van der Waals surface area contributed by atoms with E-state index >= 15 is 0 Å². The van der Waals surface area contributed by atoms with Gasteiger partial charge in [-0.3, -0.25) is 0 Å². The number of pyridine rings is 1. The molecule has 1 aliphatic rings. The monoisotopic (exact) mass is 557 g/mol. The van der Waals surface area contributed by atoms with E-state index in [0.29, 0.717) is 5.56 Å². The molecule has 38 heavy (non-hydrogen) atoms. The second kappa shape index (κ2) is 9.08. The predicted molar refractivity (Wildman–Crippen MR) is 156 cm³/mol. The van der Waals surface area contributed by atoms with E-state index < -0.39 is 13.3 Å². The Morgan fingerprint density at radius 2 is 1.39 bits per heavy atom. The molecule has 0 fully saturated rings. The summed E-state index contributed by atoms with van der Waals surface area (Å²) in [6.07, 6.45) is 1.79. The second-order valence-corrected chi connectivity index (χ2v) is 19.5. The van der Waals surface area contributed by atoms with Crippen molar-refractivity contribution in [1.82, 2.24) is 0 Å². The average molecular weight is 556 g/mol. The SMILES string of the molecule is Cc1ccc2[c](c1-c1cc(F)cc[n+]1C)[Ge]([CH3])([CH3])[c]1c-2ccc(C#N)c1-c1cccc(-c2ccccc2)c1. The van der Waals surface area contributed by atoms with Gasteiger partial charge in [0.15, 0.2) is 0 Å². The van der Waals surface area contributed by atoms with E-state index in [9.17, 15) is 9.65 Å². The molecular weight excluding hydrogens is 528 g/mol. The maximum atomic E-state index is 14.5. The molecule has 1 aliphatic heterocycles. The first-order valence-corrected chi connectivity index (χ1v) is 19.1. The van der Waals surface area contributed by atoms with E-state index in [0.717, 1.165) is 39.1 Å². The van der Waals surface area contributed by atoms with Crippen LogP contribution in [-0.4, -0.2) is 13.3 Å². The molecule has 184 valence electrons. The van der Waals surface area contributed by atoms with E-state index in [1.165, 1.54) is 26.0 Å². The van der Waals surface area contributed by atoms with Gasteiger partial charge < -0.3 is 0 Å². The summed E-state index contributed by atoms with van der Waals surface area (Å²) in [5.41, 5.74) is 10.7. The van der Waals surface area contributed by atoms with E-state index in [1.807, 2.05) is 35.9 Å². The molecule has 0 saturated carbocycles. The Morgan fingerprint density at radius 1 is 0.737 bits per heavy atom. The van der Waals surface area contributed by atoms with Crippen LogP contribution in [0.5, 0.6) is 0 Å². The first-order valence-electron chi connectivity index (χ1n) is 12.8. The normalized spacial score (nSPS) is 13.1. The third kappa shape index (κ3) is 3.71. The summed E-state index contributed by atoms with van der Waals surface area (Å²) in [7, 11) is 1.98. The number of aromatic nitrogens is 1. The summed E-state index contributed by atoms with van der Waals surface area (Å²) in [4.78, 5) is 0. The van der Waals surface area contributed by atoms with E-state index in [-0.39, 0.29) is 5.82 Å². The van der Waals surface area contributed by atoms with Gasteiger partial charge in [0.05, 0.1) is 0 Å². The van der Waals surface area contributed by atoms with Gasteiger partial charge in [0.1, 0.15) is 0 Å². The fourth-order valence-corrected chi connectivity index (χ4v) is 14.3. The predicted octanol–water partition coefficient (Wildman–Crippen LogP) is 6.63. The Bertz CT molecular complexity index is 1780. The summed E-state index contributed by atoms with van der Waals surface area (Å²) < 4.78 is 19.2. The van der Waals surface area contributed by atoms with Gasteiger partial charge in [0.2, 0.25) is 0 Å². The molecule has 0 N–H and O–H groups in total. The van der Waals surface area contributed by atoms with Gasteiger partial charge in [0.25, 0.3) is 0 Å². The van der Waals surface area contributed by atoms with Crippen LogP contribution in [0, 0.1) is 24.1 Å². The van der Waals surface area contributed by atoms with Gasteiger partial charge in [-0.1, -0.05) is 0 Å². The van der Waals surface area contributed by atoms with Crippen molar-refractivity contribution in [1.29, 1.82) is 5.26 Å². The number of hydrogen-bond acceptors (Lipinski definition) is 1. The second-order valence-electron chi connectivity index (χ2n) is 10.6. The Kier molecular flexibility index (Phi) is 5.81. The molecule has 0 unspecified atom stereocenters. The minimum absolute atomic E-state index is 0.235. The molecule has 5 aromatic rings. The van der Waals surface area contributed by atoms with Crippen LogP contribution < -0.4 is 13.4 Å². The molecule has 0 atom stereocenters. The van der Waals surface area contributed by atoms with Crippen molar-refractivity contribution in [3.8, 4) is 50.7 Å². The van der Waals surface area contributed by atoms with Crippen molar-refractivity contribution in [3.63, 3.8) is 0 Å². The first kappa shape index (κ1) is 24.3. The van der Waals surface area contributed by atoms with Crippen molar-refractivity contribution >= 4 is 22.1 Å². The number of nitriles is 1. The molecule has 2 nitrogen and oxygen atoms in total. The van der Waals surface area contributed by atoms with Gasteiger partial charge in [-0.15, -0.1) is 0 Å². The van der Waals surface area contributed by atoms with Gasteiger partial charge >= 0.3 is 227 Å². The molecule has 1 aromatic heterocycles. The minimum atomic E-state index is -3.01. The van der Waals surface area contributed by atoms with Crippen LogP contribution in [0.25, 0.3) is 44.6 Å². The van der Waals surface area contributed by atoms with Gasteiger partial charge in [-0.05, 0) is 0 Å². The molecule has 4 heteroatoms. The van der Waals surface area contributed by atoms with Crippen molar-refractivity contribution in [2.75, 3.05) is 0 Å². The fraction of sp³-hybridized carbons (Fsp3) is 0.118. The molecule has 2 heterocycles. The summed E-state index contributed by atoms with van der Waals surface area (Å²) in [6.45, 7) is 2.12. The number of hydrogen-bond donors (Lipinski definition) is 0. The topological polar surface area (TPSA) is 27.7 Å².